The number of rotatable bonds is 5. The van der Waals surface area contributed by atoms with Gasteiger partial charge in [-0.1, -0.05) is 0 Å². The van der Waals surface area contributed by atoms with Crippen LogP contribution < -0.4 is 9.80 Å². The van der Waals surface area contributed by atoms with Crippen molar-refractivity contribution in [1.82, 2.24) is 19.8 Å². The number of hydrogen-bond donors (Lipinski definition) is 0. The first-order valence-corrected chi connectivity index (χ1v) is 11.0. The van der Waals surface area contributed by atoms with E-state index in [2.05, 4.69) is 21.8 Å². The highest BCUT2D eigenvalue weighted by Crippen LogP contribution is 2.25. The van der Waals surface area contributed by atoms with Crippen LogP contribution in [0.25, 0.3) is 0 Å². The van der Waals surface area contributed by atoms with Gasteiger partial charge in [0.2, 0.25) is 5.95 Å². The molecule has 180 valence electrons. The first kappa shape index (κ1) is 23.3. The average molecular weight is 470 g/mol. The normalized spacial score (nSPS) is 17.1. The van der Waals surface area contributed by atoms with Crippen LogP contribution >= 0.6 is 0 Å². The predicted octanol–water partition coefficient (Wildman–Crippen LogP) is 1.32. The highest BCUT2D eigenvalue weighted by atomic mass is 16.6. The zero-order chi connectivity index (χ0) is 24.4. The van der Waals surface area contributed by atoms with Gasteiger partial charge in [0, 0.05) is 76.3 Å². The molecule has 1 amide bonds. The van der Waals surface area contributed by atoms with E-state index in [1.165, 1.54) is 4.90 Å². The molecular formula is C21H26N8O5. The molecule has 0 N–H and O–H groups in total. The number of likely N-dealkylation sites (N-methyl/N-ethyl adjacent to an activating group) is 1. The third-order valence-corrected chi connectivity index (χ3v) is 6.08. The summed E-state index contributed by atoms with van der Waals surface area (Å²) < 4.78 is 0. The molecule has 2 fully saturated rings. The van der Waals surface area contributed by atoms with Crippen LogP contribution in [0.3, 0.4) is 0 Å². The van der Waals surface area contributed by atoms with Gasteiger partial charge >= 0.3 is 0 Å². The molecular weight excluding hydrogens is 444 g/mol. The SMILES string of the molecule is Cc1cc(N2CCN(C)CC2)nc(N2CCN(C(=O)c3cc([N+](=O)[O-])cc([N+](=O)[O-])c3)CC2)n1. The summed E-state index contributed by atoms with van der Waals surface area (Å²) in [5, 5.41) is 22.3. The quantitative estimate of drug-likeness (QED) is 0.464. The zero-order valence-electron chi connectivity index (χ0n) is 19.1. The molecule has 2 aromatic rings. The Morgan fingerprint density at radius 1 is 0.824 bits per heavy atom. The molecule has 2 aliphatic rings. The summed E-state index contributed by atoms with van der Waals surface area (Å²) in [5.74, 6) is 1.01. The molecule has 34 heavy (non-hydrogen) atoms. The molecule has 1 aromatic heterocycles. The van der Waals surface area contributed by atoms with Gasteiger partial charge < -0.3 is 19.6 Å². The summed E-state index contributed by atoms with van der Waals surface area (Å²) in [6, 6.07) is 4.98. The third kappa shape index (κ3) is 5.03. The van der Waals surface area contributed by atoms with Crippen LogP contribution in [-0.2, 0) is 0 Å². The Morgan fingerprint density at radius 2 is 1.38 bits per heavy atom. The number of amides is 1. The van der Waals surface area contributed by atoms with Gasteiger partial charge in [-0.25, -0.2) is 4.98 Å². The molecule has 0 aliphatic carbocycles. The maximum absolute atomic E-state index is 13.0. The Bertz CT molecular complexity index is 1080. The lowest BCUT2D eigenvalue weighted by molar-refractivity contribution is -0.394. The van der Waals surface area contributed by atoms with Crippen LogP contribution in [0.1, 0.15) is 16.1 Å². The van der Waals surface area contributed by atoms with Crippen molar-refractivity contribution in [1.29, 1.82) is 0 Å². The van der Waals surface area contributed by atoms with Crippen LogP contribution in [0, 0.1) is 27.2 Å². The Balaban J connectivity index is 1.46. The summed E-state index contributed by atoms with van der Waals surface area (Å²) in [6.45, 7) is 7.30. The Kier molecular flexibility index (Phi) is 6.54. The number of hydrogen-bond acceptors (Lipinski definition) is 10. The van der Waals surface area contributed by atoms with Crippen molar-refractivity contribution < 1.29 is 14.6 Å². The van der Waals surface area contributed by atoms with E-state index in [1.54, 1.807) is 0 Å². The van der Waals surface area contributed by atoms with Gasteiger partial charge in [0.05, 0.1) is 21.5 Å². The number of carbonyl (C=O) groups is 1. The fourth-order valence-corrected chi connectivity index (χ4v) is 4.10. The molecule has 1 aromatic carbocycles. The molecule has 2 aliphatic heterocycles. The number of aromatic nitrogens is 2. The van der Waals surface area contributed by atoms with Gasteiger partial charge in [-0.05, 0) is 14.0 Å². The lowest BCUT2D eigenvalue weighted by Gasteiger charge is -2.36. The van der Waals surface area contributed by atoms with Crippen LogP contribution in [0.15, 0.2) is 24.3 Å². The molecule has 0 radical (unpaired) electrons. The van der Waals surface area contributed by atoms with Gasteiger partial charge in [-0.2, -0.15) is 4.98 Å². The van der Waals surface area contributed by atoms with Crippen LogP contribution in [-0.4, -0.2) is 94.9 Å². The van der Waals surface area contributed by atoms with Gasteiger partial charge in [0.15, 0.2) is 0 Å². The van der Waals surface area contributed by atoms with E-state index in [-0.39, 0.29) is 5.56 Å². The Morgan fingerprint density at radius 3 is 1.94 bits per heavy atom. The second kappa shape index (κ2) is 9.55. The van der Waals surface area contributed by atoms with Gasteiger partial charge in [0.25, 0.3) is 17.3 Å². The van der Waals surface area contributed by atoms with Gasteiger partial charge in [-0.3, -0.25) is 25.0 Å². The molecule has 13 nitrogen and oxygen atoms in total. The third-order valence-electron chi connectivity index (χ3n) is 6.08. The van der Waals surface area contributed by atoms with Gasteiger partial charge in [-0.15, -0.1) is 0 Å². The number of aryl methyl sites for hydroxylation is 1. The number of carbonyl (C=O) groups excluding carboxylic acids is 1. The molecule has 4 rings (SSSR count). The molecule has 0 unspecified atom stereocenters. The van der Waals surface area contributed by atoms with Crippen molar-refractivity contribution in [3.05, 3.63) is 55.8 Å². The van der Waals surface area contributed by atoms with E-state index >= 15 is 0 Å². The van der Waals surface area contributed by atoms with Crippen LogP contribution in [0.2, 0.25) is 0 Å². The Hall–Kier alpha value is -3.87. The second-order valence-electron chi connectivity index (χ2n) is 8.49. The van der Waals surface area contributed by atoms with E-state index in [4.69, 9.17) is 4.98 Å². The van der Waals surface area contributed by atoms with E-state index < -0.39 is 27.1 Å². The maximum Gasteiger partial charge on any atom is 0.277 e. The standard InChI is InChI=1S/C21H26N8O5/c1-15-11-19(25-5-3-24(2)4-6-25)23-21(22-15)27-9-7-26(8-10-27)20(30)16-12-17(28(31)32)14-18(13-16)29(33)34/h11-14H,3-10H2,1-2H3. The summed E-state index contributed by atoms with van der Waals surface area (Å²) in [5.41, 5.74) is -0.179. The number of benzene rings is 1. The fraction of sp³-hybridized carbons (Fsp3) is 0.476. The van der Waals surface area contributed by atoms with Crippen molar-refractivity contribution in [3.63, 3.8) is 0 Å². The lowest BCUT2D eigenvalue weighted by Crippen LogP contribution is -2.49. The van der Waals surface area contributed by atoms with Crippen LogP contribution in [0.4, 0.5) is 23.1 Å². The molecule has 0 saturated carbocycles. The largest absolute Gasteiger partial charge is 0.354 e. The Labute approximate surface area is 195 Å². The van der Waals surface area contributed by atoms with Crippen molar-refractivity contribution >= 4 is 29.0 Å². The minimum Gasteiger partial charge on any atom is -0.354 e. The van der Waals surface area contributed by atoms with Crippen molar-refractivity contribution in [2.24, 2.45) is 0 Å². The number of nitrogens with zero attached hydrogens (tertiary/aromatic N) is 8. The van der Waals surface area contributed by atoms with E-state index in [0.29, 0.717) is 32.1 Å². The van der Waals surface area contributed by atoms with Crippen molar-refractivity contribution in [2.45, 2.75) is 6.92 Å². The smallest absolute Gasteiger partial charge is 0.277 e. The fourth-order valence-electron chi connectivity index (χ4n) is 4.10. The number of piperazine rings is 2. The zero-order valence-corrected chi connectivity index (χ0v) is 19.1. The predicted molar refractivity (Wildman–Crippen MR) is 124 cm³/mol. The molecule has 0 bridgehead atoms. The first-order chi connectivity index (χ1) is 16.2. The number of nitro benzene ring substituents is 2. The molecule has 2 saturated heterocycles. The lowest BCUT2D eigenvalue weighted by atomic mass is 10.1. The maximum atomic E-state index is 13.0. The highest BCUT2D eigenvalue weighted by molar-refractivity contribution is 5.95. The van der Waals surface area contributed by atoms with E-state index in [1.807, 2.05) is 17.9 Å². The topological polar surface area (TPSA) is 142 Å². The van der Waals surface area contributed by atoms with Crippen molar-refractivity contribution in [3.8, 4) is 0 Å². The highest BCUT2D eigenvalue weighted by Gasteiger charge is 2.27. The number of nitro groups is 2. The first-order valence-electron chi connectivity index (χ1n) is 11.0. The molecule has 0 atom stereocenters. The van der Waals surface area contributed by atoms with Crippen molar-refractivity contribution in [2.75, 3.05) is 69.2 Å². The van der Waals surface area contributed by atoms with Gasteiger partial charge in [0.1, 0.15) is 5.82 Å². The minimum atomic E-state index is -0.741. The number of non-ortho nitro benzene ring substituents is 2. The number of anilines is 2. The molecule has 0 spiro atoms. The van der Waals surface area contributed by atoms with E-state index in [0.717, 1.165) is 55.9 Å². The summed E-state index contributed by atoms with van der Waals surface area (Å²) in [7, 11) is 2.10. The second-order valence-corrected chi connectivity index (χ2v) is 8.49. The molecule has 13 heteroatoms. The summed E-state index contributed by atoms with van der Waals surface area (Å²) in [4.78, 5) is 51.2. The summed E-state index contributed by atoms with van der Waals surface area (Å²) >= 11 is 0. The minimum absolute atomic E-state index is 0.0708. The van der Waals surface area contributed by atoms with Crippen LogP contribution in [0.5, 0.6) is 0 Å². The monoisotopic (exact) mass is 470 g/mol. The van der Waals surface area contributed by atoms with E-state index in [9.17, 15) is 25.0 Å². The average Bonchev–Trinajstić information content (AvgIpc) is 2.83. The molecule has 3 heterocycles. The summed E-state index contributed by atoms with van der Waals surface area (Å²) in [6.07, 6.45) is 0.